The molecule has 2 nitrogen and oxygen atoms in total. The van der Waals surface area contributed by atoms with Gasteiger partial charge >= 0.3 is 12.1 Å². The Hall–Kier alpha value is -2.30. The molecule has 0 spiro atoms. The normalized spacial score (nSPS) is 12.6. The number of alkyl halides is 3. The van der Waals surface area contributed by atoms with Crippen molar-refractivity contribution in [3.63, 3.8) is 0 Å². The van der Waals surface area contributed by atoms with Crippen molar-refractivity contribution in [3.8, 4) is 0 Å². The van der Waals surface area contributed by atoms with E-state index in [1.165, 1.54) is 24.3 Å². The van der Waals surface area contributed by atoms with Gasteiger partial charge in [0.25, 0.3) is 0 Å². The average molecular weight is 296 g/mol. The molecule has 0 N–H and O–H groups in total. The minimum atomic E-state index is -4.32. The standard InChI is InChI=1S/C16H15F3O2/c1-2-21-15(20)8-6-4-3-5-7-13-9-11-14(12-10-13)16(17,18)19/h3-12H,2H2,1H3/b4-3+,7-5+,8-6+. The first kappa shape index (κ1) is 16.8. The van der Waals surface area contributed by atoms with Crippen molar-refractivity contribution in [3.05, 3.63) is 65.8 Å². The van der Waals surface area contributed by atoms with Crippen molar-refractivity contribution in [1.29, 1.82) is 0 Å². The van der Waals surface area contributed by atoms with Crippen LogP contribution in [-0.4, -0.2) is 12.6 Å². The van der Waals surface area contributed by atoms with Crippen LogP contribution in [0.2, 0.25) is 0 Å². The van der Waals surface area contributed by atoms with Gasteiger partial charge in [-0.25, -0.2) is 4.79 Å². The SMILES string of the molecule is CCOC(=O)/C=C/C=C/C=C/c1ccc(C(F)(F)F)cc1. The molecule has 0 unspecified atom stereocenters. The van der Waals surface area contributed by atoms with Crippen LogP contribution in [0, 0.1) is 0 Å². The predicted molar refractivity (Wildman–Crippen MR) is 75.4 cm³/mol. The first-order valence-corrected chi connectivity index (χ1v) is 6.29. The molecule has 0 saturated carbocycles. The number of carbonyl (C=O) groups is 1. The summed E-state index contributed by atoms with van der Waals surface area (Å²) in [5, 5.41) is 0. The van der Waals surface area contributed by atoms with Gasteiger partial charge in [0.1, 0.15) is 0 Å². The maximum atomic E-state index is 12.4. The van der Waals surface area contributed by atoms with Crippen LogP contribution in [0.3, 0.4) is 0 Å². The average Bonchev–Trinajstić information content (AvgIpc) is 2.42. The Bertz CT molecular complexity index is 538. The molecule has 0 aliphatic carbocycles. The van der Waals surface area contributed by atoms with Gasteiger partial charge in [0.2, 0.25) is 0 Å². The smallest absolute Gasteiger partial charge is 0.416 e. The molecule has 1 aromatic carbocycles. The Kier molecular flexibility index (Phi) is 6.46. The summed E-state index contributed by atoms with van der Waals surface area (Å²) in [5.74, 6) is -0.422. The number of benzene rings is 1. The summed E-state index contributed by atoms with van der Waals surface area (Å²) >= 11 is 0. The molecular formula is C16H15F3O2. The minimum Gasteiger partial charge on any atom is -0.463 e. The molecule has 0 radical (unpaired) electrons. The molecule has 0 amide bonds. The molecular weight excluding hydrogens is 281 g/mol. The second-order valence-corrected chi connectivity index (χ2v) is 3.97. The lowest BCUT2D eigenvalue weighted by Gasteiger charge is -2.05. The molecule has 21 heavy (non-hydrogen) atoms. The van der Waals surface area contributed by atoms with Crippen LogP contribution in [0.5, 0.6) is 0 Å². The van der Waals surface area contributed by atoms with Crippen LogP contribution in [0.25, 0.3) is 6.08 Å². The monoisotopic (exact) mass is 296 g/mol. The molecule has 0 saturated heterocycles. The fourth-order valence-corrected chi connectivity index (χ4v) is 1.40. The number of rotatable bonds is 5. The molecule has 0 aliphatic rings. The van der Waals surface area contributed by atoms with E-state index >= 15 is 0 Å². The molecule has 0 aromatic heterocycles. The number of halogens is 3. The van der Waals surface area contributed by atoms with Gasteiger partial charge in [-0.05, 0) is 24.6 Å². The number of ether oxygens (including phenoxy) is 1. The molecule has 0 aliphatic heterocycles. The predicted octanol–water partition coefficient (Wildman–Crippen LogP) is 4.39. The Balaban J connectivity index is 2.52. The van der Waals surface area contributed by atoms with E-state index in [0.29, 0.717) is 12.2 Å². The summed E-state index contributed by atoms with van der Waals surface area (Å²) in [6.45, 7) is 2.04. The van der Waals surface area contributed by atoms with Gasteiger partial charge in [0.15, 0.2) is 0 Å². The number of hydrogen-bond donors (Lipinski definition) is 0. The van der Waals surface area contributed by atoms with Crippen LogP contribution in [0.1, 0.15) is 18.1 Å². The summed E-state index contributed by atoms with van der Waals surface area (Å²) < 4.78 is 41.8. The Labute approximate surface area is 121 Å². The second-order valence-electron chi connectivity index (χ2n) is 3.97. The minimum absolute atomic E-state index is 0.320. The third kappa shape index (κ3) is 6.61. The number of allylic oxidation sites excluding steroid dienone is 4. The molecule has 5 heteroatoms. The van der Waals surface area contributed by atoms with E-state index in [1.807, 2.05) is 0 Å². The van der Waals surface area contributed by atoms with Crippen LogP contribution in [0.4, 0.5) is 13.2 Å². The lowest BCUT2D eigenvalue weighted by Crippen LogP contribution is -2.03. The molecule has 1 rings (SSSR count). The van der Waals surface area contributed by atoms with Crippen molar-refractivity contribution >= 4 is 12.0 Å². The van der Waals surface area contributed by atoms with E-state index in [0.717, 1.165) is 12.1 Å². The lowest BCUT2D eigenvalue weighted by atomic mass is 10.1. The summed E-state index contributed by atoms with van der Waals surface area (Å²) in [5.41, 5.74) is -0.0189. The van der Waals surface area contributed by atoms with Crippen molar-refractivity contribution in [1.82, 2.24) is 0 Å². The van der Waals surface area contributed by atoms with Crippen molar-refractivity contribution in [2.45, 2.75) is 13.1 Å². The highest BCUT2D eigenvalue weighted by Crippen LogP contribution is 2.29. The largest absolute Gasteiger partial charge is 0.463 e. The van der Waals surface area contributed by atoms with Gasteiger partial charge in [-0.1, -0.05) is 42.5 Å². The van der Waals surface area contributed by atoms with E-state index in [9.17, 15) is 18.0 Å². The number of hydrogen-bond acceptors (Lipinski definition) is 2. The van der Waals surface area contributed by atoms with E-state index < -0.39 is 17.7 Å². The van der Waals surface area contributed by atoms with Crippen molar-refractivity contribution in [2.75, 3.05) is 6.61 Å². The third-order valence-corrected chi connectivity index (χ3v) is 2.38. The highest BCUT2D eigenvalue weighted by atomic mass is 19.4. The summed E-state index contributed by atoms with van der Waals surface area (Å²) in [6.07, 6.45) is 5.10. The van der Waals surface area contributed by atoms with Crippen LogP contribution >= 0.6 is 0 Å². The maximum absolute atomic E-state index is 12.4. The molecule has 1 aromatic rings. The molecule has 0 heterocycles. The molecule has 0 atom stereocenters. The fraction of sp³-hybridized carbons (Fsp3) is 0.188. The van der Waals surface area contributed by atoms with Crippen LogP contribution < -0.4 is 0 Å². The van der Waals surface area contributed by atoms with Crippen LogP contribution in [-0.2, 0) is 15.7 Å². The Morgan fingerprint density at radius 3 is 2.29 bits per heavy atom. The first-order chi connectivity index (χ1) is 9.93. The van der Waals surface area contributed by atoms with Crippen molar-refractivity contribution < 1.29 is 22.7 Å². The van der Waals surface area contributed by atoms with E-state index in [1.54, 1.807) is 31.2 Å². The van der Waals surface area contributed by atoms with Gasteiger partial charge in [0, 0.05) is 6.08 Å². The topological polar surface area (TPSA) is 26.3 Å². The van der Waals surface area contributed by atoms with Gasteiger partial charge in [-0.2, -0.15) is 13.2 Å². The van der Waals surface area contributed by atoms with Crippen LogP contribution in [0.15, 0.2) is 54.6 Å². The van der Waals surface area contributed by atoms with Crippen molar-refractivity contribution in [2.24, 2.45) is 0 Å². The summed E-state index contributed by atoms with van der Waals surface area (Å²) in [7, 11) is 0. The Morgan fingerprint density at radius 2 is 1.71 bits per heavy atom. The molecule has 112 valence electrons. The molecule has 0 bridgehead atoms. The maximum Gasteiger partial charge on any atom is 0.416 e. The third-order valence-electron chi connectivity index (χ3n) is 2.38. The van der Waals surface area contributed by atoms with Gasteiger partial charge < -0.3 is 4.74 Å². The zero-order valence-electron chi connectivity index (χ0n) is 11.4. The summed E-state index contributed by atoms with van der Waals surface area (Å²) in [4.78, 5) is 11.0. The van der Waals surface area contributed by atoms with Gasteiger partial charge in [-0.3, -0.25) is 0 Å². The van der Waals surface area contributed by atoms with E-state index in [4.69, 9.17) is 0 Å². The highest BCUT2D eigenvalue weighted by molar-refractivity contribution is 5.82. The van der Waals surface area contributed by atoms with Gasteiger partial charge in [-0.15, -0.1) is 0 Å². The molecule has 0 fully saturated rings. The lowest BCUT2D eigenvalue weighted by molar-refractivity contribution is -0.138. The van der Waals surface area contributed by atoms with Gasteiger partial charge in [0.05, 0.1) is 12.2 Å². The number of esters is 1. The fourth-order valence-electron chi connectivity index (χ4n) is 1.40. The quantitative estimate of drug-likeness (QED) is 0.457. The van der Waals surface area contributed by atoms with E-state index in [-0.39, 0.29) is 0 Å². The number of carbonyl (C=O) groups excluding carboxylic acids is 1. The second kappa shape index (κ2) is 8.09. The highest BCUT2D eigenvalue weighted by Gasteiger charge is 2.29. The zero-order valence-corrected chi connectivity index (χ0v) is 11.4. The first-order valence-electron chi connectivity index (χ1n) is 6.29. The summed E-state index contributed by atoms with van der Waals surface area (Å²) in [6, 6.07) is 4.84. The Morgan fingerprint density at radius 1 is 1.10 bits per heavy atom. The van der Waals surface area contributed by atoms with E-state index in [2.05, 4.69) is 4.74 Å². The zero-order chi connectivity index (χ0) is 15.7.